The molecule has 1 aliphatic heterocycles. The topological polar surface area (TPSA) is 57.6 Å². The summed E-state index contributed by atoms with van der Waals surface area (Å²) in [6, 6.07) is 3.80. The smallest absolute Gasteiger partial charge is 0.327 e. The maximum Gasteiger partial charge on any atom is 0.327 e. The summed E-state index contributed by atoms with van der Waals surface area (Å²) < 4.78 is 0. The predicted molar refractivity (Wildman–Crippen MR) is 85.2 cm³/mol. The van der Waals surface area contributed by atoms with Gasteiger partial charge in [-0.2, -0.15) is 0 Å². The van der Waals surface area contributed by atoms with Crippen LogP contribution in [0.1, 0.15) is 30.1 Å². The molecule has 0 saturated carbocycles. The molecule has 1 N–H and O–H groups in total. The fraction of sp³-hybridized carbons (Fsp3) is 0.429. The number of hydrogen-bond acceptors (Lipinski definition) is 3. The molecule has 1 saturated heterocycles. The van der Waals surface area contributed by atoms with E-state index in [1.807, 2.05) is 6.92 Å². The minimum absolute atomic E-state index is 0.140. The number of carbonyl (C=O) groups is 2. The first kappa shape index (κ1) is 16.5. The first-order valence-electron chi connectivity index (χ1n) is 6.57. The highest BCUT2D eigenvalue weighted by Gasteiger charge is 2.41. The molecule has 2 rings (SSSR count). The van der Waals surface area contributed by atoms with E-state index in [-0.39, 0.29) is 21.9 Å². The van der Waals surface area contributed by atoms with Crippen LogP contribution in [-0.4, -0.2) is 39.1 Å². The van der Waals surface area contributed by atoms with Gasteiger partial charge in [-0.05, 0) is 24.6 Å². The van der Waals surface area contributed by atoms with Gasteiger partial charge in [-0.1, -0.05) is 36.5 Å². The van der Waals surface area contributed by atoms with Gasteiger partial charge < -0.3 is 10.0 Å². The van der Waals surface area contributed by atoms with Crippen LogP contribution in [0.25, 0.3) is 0 Å². The van der Waals surface area contributed by atoms with Crippen molar-refractivity contribution in [1.82, 2.24) is 4.90 Å². The van der Waals surface area contributed by atoms with E-state index in [2.05, 4.69) is 0 Å². The molecule has 1 amide bonds. The zero-order valence-electron chi connectivity index (χ0n) is 11.4. The number of carbonyl (C=O) groups excluding carboxylic acids is 1. The van der Waals surface area contributed by atoms with Crippen molar-refractivity contribution in [1.29, 1.82) is 0 Å². The second-order valence-corrected chi connectivity index (χ2v) is 6.82. The van der Waals surface area contributed by atoms with Crippen molar-refractivity contribution in [3.05, 3.63) is 33.8 Å². The van der Waals surface area contributed by atoms with Crippen molar-refractivity contribution in [2.45, 2.75) is 31.2 Å². The maximum atomic E-state index is 12.7. The molecule has 0 aliphatic carbocycles. The molecule has 0 aromatic heterocycles. The Morgan fingerprint density at radius 2 is 2.14 bits per heavy atom. The molecule has 2 atom stereocenters. The molecule has 1 aliphatic rings. The van der Waals surface area contributed by atoms with Gasteiger partial charge in [-0.25, -0.2) is 4.79 Å². The second kappa shape index (κ2) is 6.90. The summed E-state index contributed by atoms with van der Waals surface area (Å²) in [7, 11) is 0. The van der Waals surface area contributed by atoms with Gasteiger partial charge in [0.25, 0.3) is 5.91 Å². The van der Waals surface area contributed by atoms with Gasteiger partial charge in [-0.3, -0.25) is 4.79 Å². The van der Waals surface area contributed by atoms with Gasteiger partial charge >= 0.3 is 5.97 Å². The third-order valence-corrected chi connectivity index (χ3v) is 5.23. The molecule has 1 aromatic rings. The standard InChI is InChI=1S/C14H15Cl2NO3S/c1-2-3-12-17(11(7-21-12)14(19)20)13(18)9-6-8(15)4-5-10(9)16/h4-6,11-12H,2-3,7H2,1H3,(H,19,20). The van der Waals surface area contributed by atoms with Crippen molar-refractivity contribution in [2.24, 2.45) is 0 Å². The van der Waals surface area contributed by atoms with Gasteiger partial charge in [0, 0.05) is 10.8 Å². The van der Waals surface area contributed by atoms with E-state index in [4.69, 9.17) is 23.2 Å². The van der Waals surface area contributed by atoms with Gasteiger partial charge in [0.2, 0.25) is 0 Å². The molecule has 21 heavy (non-hydrogen) atoms. The Labute approximate surface area is 137 Å². The quantitative estimate of drug-likeness (QED) is 0.900. The zero-order chi connectivity index (χ0) is 15.6. The Hall–Kier alpha value is -0.910. The van der Waals surface area contributed by atoms with Crippen LogP contribution in [-0.2, 0) is 4.79 Å². The van der Waals surface area contributed by atoms with Crippen molar-refractivity contribution >= 4 is 46.8 Å². The number of nitrogens with zero attached hydrogens (tertiary/aromatic N) is 1. The molecule has 0 spiro atoms. The zero-order valence-corrected chi connectivity index (χ0v) is 13.7. The summed E-state index contributed by atoms with van der Waals surface area (Å²) >= 11 is 13.5. The summed E-state index contributed by atoms with van der Waals surface area (Å²) in [6.45, 7) is 2.00. The number of rotatable bonds is 4. The van der Waals surface area contributed by atoms with E-state index in [1.165, 1.54) is 22.7 Å². The van der Waals surface area contributed by atoms with E-state index >= 15 is 0 Å². The van der Waals surface area contributed by atoms with Crippen molar-refractivity contribution < 1.29 is 14.7 Å². The first-order chi connectivity index (χ1) is 9.95. The monoisotopic (exact) mass is 347 g/mol. The fourth-order valence-electron chi connectivity index (χ4n) is 2.30. The number of thioether (sulfide) groups is 1. The fourth-order valence-corrected chi connectivity index (χ4v) is 4.18. The number of hydrogen-bond donors (Lipinski definition) is 1. The minimum Gasteiger partial charge on any atom is -0.480 e. The summed E-state index contributed by atoms with van der Waals surface area (Å²) in [6.07, 6.45) is 1.62. The lowest BCUT2D eigenvalue weighted by Crippen LogP contribution is -2.45. The lowest BCUT2D eigenvalue weighted by Gasteiger charge is -2.27. The van der Waals surface area contributed by atoms with Gasteiger partial charge in [0.15, 0.2) is 0 Å². The number of aliphatic carboxylic acids is 1. The highest BCUT2D eigenvalue weighted by atomic mass is 35.5. The average molecular weight is 348 g/mol. The molecular weight excluding hydrogens is 333 g/mol. The van der Waals surface area contributed by atoms with E-state index in [0.717, 1.165) is 12.8 Å². The van der Waals surface area contributed by atoms with E-state index in [0.29, 0.717) is 10.8 Å². The molecule has 7 heteroatoms. The molecule has 1 heterocycles. The number of halogens is 2. The maximum absolute atomic E-state index is 12.7. The molecule has 114 valence electrons. The van der Waals surface area contributed by atoms with E-state index in [1.54, 1.807) is 12.1 Å². The van der Waals surface area contributed by atoms with Crippen LogP contribution in [0.5, 0.6) is 0 Å². The third kappa shape index (κ3) is 3.47. The van der Waals surface area contributed by atoms with Crippen LogP contribution >= 0.6 is 35.0 Å². The van der Waals surface area contributed by atoms with Crippen molar-refractivity contribution in [3.8, 4) is 0 Å². The second-order valence-electron chi connectivity index (χ2n) is 4.77. The SMILES string of the molecule is CCCC1SCC(C(=O)O)N1C(=O)c1cc(Cl)ccc1Cl. The normalized spacial score (nSPS) is 21.6. The highest BCUT2D eigenvalue weighted by molar-refractivity contribution is 8.00. The Bertz CT molecular complexity index is 567. The summed E-state index contributed by atoms with van der Waals surface area (Å²) in [4.78, 5) is 25.5. The van der Waals surface area contributed by atoms with Crippen molar-refractivity contribution in [2.75, 3.05) is 5.75 Å². The molecule has 1 aromatic carbocycles. The lowest BCUT2D eigenvalue weighted by atomic mass is 10.1. The predicted octanol–water partition coefficient (Wildman–Crippen LogP) is 3.76. The number of carboxylic acids is 1. The minimum atomic E-state index is -0.993. The van der Waals surface area contributed by atoms with Crippen LogP contribution in [0.15, 0.2) is 18.2 Å². The Morgan fingerprint density at radius 3 is 2.76 bits per heavy atom. The van der Waals surface area contributed by atoms with Gasteiger partial charge in [0.1, 0.15) is 6.04 Å². The average Bonchev–Trinajstić information content (AvgIpc) is 2.85. The number of benzene rings is 1. The Morgan fingerprint density at radius 1 is 1.43 bits per heavy atom. The summed E-state index contributed by atoms with van der Waals surface area (Å²) in [5.41, 5.74) is 0.249. The van der Waals surface area contributed by atoms with Gasteiger partial charge in [-0.15, -0.1) is 11.8 Å². The summed E-state index contributed by atoms with van der Waals surface area (Å²) in [5, 5.41) is 9.86. The summed E-state index contributed by atoms with van der Waals surface area (Å²) in [5.74, 6) is -0.977. The molecule has 4 nitrogen and oxygen atoms in total. The van der Waals surface area contributed by atoms with Crippen LogP contribution in [0.2, 0.25) is 10.0 Å². The Kier molecular flexibility index (Phi) is 5.41. The lowest BCUT2D eigenvalue weighted by molar-refractivity contribution is -0.141. The van der Waals surface area contributed by atoms with Crippen LogP contribution < -0.4 is 0 Å². The third-order valence-electron chi connectivity index (χ3n) is 3.31. The van der Waals surface area contributed by atoms with Crippen molar-refractivity contribution in [3.63, 3.8) is 0 Å². The van der Waals surface area contributed by atoms with Crippen LogP contribution in [0.3, 0.4) is 0 Å². The molecule has 0 bridgehead atoms. The van der Waals surface area contributed by atoms with Crippen LogP contribution in [0, 0.1) is 0 Å². The number of carboxylic acid groups (broad SMARTS) is 1. The molecule has 0 radical (unpaired) electrons. The number of amides is 1. The van der Waals surface area contributed by atoms with Gasteiger partial charge in [0.05, 0.1) is 16.0 Å². The molecule has 1 fully saturated rings. The molecule has 2 unspecified atom stereocenters. The highest BCUT2D eigenvalue weighted by Crippen LogP contribution is 2.35. The van der Waals surface area contributed by atoms with E-state index in [9.17, 15) is 14.7 Å². The van der Waals surface area contributed by atoms with E-state index < -0.39 is 12.0 Å². The first-order valence-corrected chi connectivity index (χ1v) is 8.38. The Balaban J connectivity index is 2.36. The largest absolute Gasteiger partial charge is 0.480 e. The molecular formula is C14H15Cl2NO3S. The van der Waals surface area contributed by atoms with Crippen LogP contribution in [0.4, 0.5) is 0 Å².